The molecule has 6 N–H and O–H groups in total. The molecule has 4 rings (SSSR count). The summed E-state index contributed by atoms with van der Waals surface area (Å²) >= 11 is 0. The Labute approximate surface area is 261 Å². The van der Waals surface area contributed by atoms with E-state index in [0.29, 0.717) is 19.1 Å². The minimum absolute atomic E-state index is 0. The Balaban J connectivity index is 0.000000623. The van der Waals surface area contributed by atoms with Gasteiger partial charge >= 0.3 is 5.97 Å². The summed E-state index contributed by atoms with van der Waals surface area (Å²) in [4.78, 5) is 31.5. The van der Waals surface area contributed by atoms with Gasteiger partial charge in [-0.1, -0.05) is 74.2 Å². The van der Waals surface area contributed by atoms with Gasteiger partial charge in [0.2, 0.25) is 0 Å². The Morgan fingerprint density at radius 1 is 1.05 bits per heavy atom. The van der Waals surface area contributed by atoms with Gasteiger partial charge in [0.05, 0.1) is 17.5 Å². The lowest BCUT2D eigenvalue weighted by molar-refractivity contribution is -0.146. The zero-order valence-corrected chi connectivity index (χ0v) is 27.0. The molecule has 1 saturated carbocycles. The number of nitrogens with one attached hydrogen (secondary N) is 2. The lowest BCUT2D eigenvalue weighted by Gasteiger charge is -2.24. The van der Waals surface area contributed by atoms with Gasteiger partial charge in [0.25, 0.3) is 10.1 Å². The van der Waals surface area contributed by atoms with Gasteiger partial charge in [0.1, 0.15) is 19.1 Å². The molecule has 0 bridgehead atoms. The van der Waals surface area contributed by atoms with Gasteiger partial charge in [-0.05, 0) is 64.5 Å². The lowest BCUT2D eigenvalue weighted by atomic mass is 9.84. The van der Waals surface area contributed by atoms with Crippen molar-refractivity contribution in [3.05, 3.63) is 65.7 Å². The quantitative estimate of drug-likeness (QED) is 0.136. The largest absolute Gasteiger partial charge is 0.465 e. The molecule has 0 aromatic heterocycles. The van der Waals surface area contributed by atoms with Crippen molar-refractivity contribution >= 4 is 28.7 Å². The highest BCUT2D eigenvalue weighted by Crippen LogP contribution is 2.34. The Morgan fingerprint density at radius 3 is 2.14 bits per heavy atom. The number of aliphatic hydroxyl groups is 1. The predicted molar refractivity (Wildman–Crippen MR) is 170 cm³/mol. The first kappa shape index (κ1) is 41.0. The molecule has 1 aliphatic carbocycles. The fourth-order valence-electron chi connectivity index (χ4n) is 5.13. The van der Waals surface area contributed by atoms with Crippen molar-refractivity contribution in [3.63, 3.8) is 0 Å². The molecular weight excluding hydrogens is 588 g/mol. The molecule has 0 spiro atoms. The Bertz CT molecular complexity index is 1180. The zero-order valence-electron chi connectivity index (χ0n) is 26.2. The van der Waals surface area contributed by atoms with Crippen LogP contribution in [0, 0.1) is 12.8 Å². The number of benzene rings is 2. The Kier molecular flexibility index (Phi) is 20.2. The minimum Gasteiger partial charge on any atom is -0.465 e. The van der Waals surface area contributed by atoms with E-state index in [1.54, 1.807) is 26.0 Å². The minimum atomic E-state index is -4.02. The number of ketones is 1. The van der Waals surface area contributed by atoms with Crippen LogP contribution in [0.4, 0.5) is 0 Å². The number of rotatable bonds is 9. The predicted octanol–water partition coefficient (Wildman–Crippen LogP) is 3.67. The van der Waals surface area contributed by atoms with Crippen molar-refractivity contribution in [3.8, 4) is 0 Å². The van der Waals surface area contributed by atoms with Gasteiger partial charge in [-0.3, -0.25) is 19.5 Å². The molecule has 1 aliphatic heterocycles. The summed E-state index contributed by atoms with van der Waals surface area (Å²) in [6.45, 7) is 9.55. The molecule has 1 saturated heterocycles. The number of ether oxygens (including phenoxy) is 1. The van der Waals surface area contributed by atoms with Gasteiger partial charge in [0, 0.05) is 11.6 Å². The molecule has 2 aromatic carbocycles. The number of carbonyl (C=O) groups is 3. The first-order valence-corrected chi connectivity index (χ1v) is 16.2. The van der Waals surface area contributed by atoms with E-state index in [1.807, 2.05) is 51.0 Å². The van der Waals surface area contributed by atoms with Crippen LogP contribution in [-0.4, -0.2) is 73.1 Å². The van der Waals surface area contributed by atoms with Gasteiger partial charge in [-0.2, -0.15) is 8.42 Å². The summed E-state index contributed by atoms with van der Waals surface area (Å²) in [5.41, 5.74) is 1.81. The van der Waals surface area contributed by atoms with E-state index in [1.165, 1.54) is 37.8 Å². The van der Waals surface area contributed by atoms with Crippen molar-refractivity contribution in [1.29, 1.82) is 0 Å². The van der Waals surface area contributed by atoms with E-state index in [-0.39, 0.29) is 34.2 Å². The first-order chi connectivity index (χ1) is 20.5. The van der Waals surface area contributed by atoms with Crippen molar-refractivity contribution in [2.45, 2.75) is 102 Å². The molecule has 248 valence electrons. The summed E-state index contributed by atoms with van der Waals surface area (Å²) in [6, 6.07) is 15.9. The van der Waals surface area contributed by atoms with E-state index < -0.39 is 16.3 Å². The molecule has 0 amide bonds. The maximum atomic E-state index is 12.3. The van der Waals surface area contributed by atoms with Crippen molar-refractivity contribution < 1.29 is 42.7 Å². The van der Waals surface area contributed by atoms with Crippen molar-refractivity contribution in [1.82, 2.24) is 10.6 Å². The van der Waals surface area contributed by atoms with Crippen LogP contribution in [-0.2, 0) is 24.4 Å². The molecule has 2 fully saturated rings. The van der Waals surface area contributed by atoms with Crippen LogP contribution in [0.15, 0.2) is 59.5 Å². The highest BCUT2D eigenvalue weighted by Gasteiger charge is 2.38. The summed E-state index contributed by atoms with van der Waals surface area (Å²) in [6.07, 6.45) is 7.14. The van der Waals surface area contributed by atoms with Crippen LogP contribution >= 0.6 is 0 Å². The molecule has 2 aromatic rings. The molecule has 5 atom stereocenters. The smallest absolute Gasteiger partial charge is 0.323 e. The SMILES string of the molecule is C=O.CCCC(N[C@@H](C)O)C(=O)OCC.Cc1ccc(S(=O)(=O)O)cc1.O.O=C(c1ccccc1)[C@@H]1C[C@@H]2CCCC[C@@H]2N1. The second-order valence-corrected chi connectivity index (χ2v) is 12.0. The number of hydrogen-bond acceptors (Lipinski definition) is 9. The standard InChI is InChI=1S/C15H19NO.C9H19NO3.C7H8O3S.CH2O.H2O/c17-15(11-6-2-1-3-7-11)14-10-12-8-4-5-9-13(12)16-14;1-4-6-8(10-7(3)11)9(12)13-5-2;1-6-2-4-7(5-3-6)11(8,9)10;1-2;/h1-3,6-7,12-14,16H,4-5,8-10H2;7-8,10-11H,4-6H2,1-3H3;2-5H,1H3,(H,8,9,10);1H2;1H2/t12-,13-,14-;7-,8?;;;/m01.../s1. The number of esters is 1. The summed E-state index contributed by atoms with van der Waals surface area (Å²) in [5, 5.41) is 15.3. The van der Waals surface area contributed by atoms with Crippen molar-refractivity contribution in [2.75, 3.05) is 6.61 Å². The van der Waals surface area contributed by atoms with Crippen LogP contribution in [0.2, 0.25) is 0 Å². The summed E-state index contributed by atoms with van der Waals surface area (Å²) < 4.78 is 34.4. The maximum absolute atomic E-state index is 12.3. The Morgan fingerprint density at radius 2 is 1.64 bits per heavy atom. The summed E-state index contributed by atoms with van der Waals surface area (Å²) in [5.74, 6) is 0.728. The topological polar surface area (TPSA) is 191 Å². The first-order valence-electron chi connectivity index (χ1n) is 14.7. The van der Waals surface area contributed by atoms with Gasteiger partial charge in [-0.25, -0.2) is 0 Å². The number of aliphatic hydroxyl groups excluding tert-OH is 1. The zero-order chi connectivity index (χ0) is 32.4. The third-order valence-electron chi connectivity index (χ3n) is 7.15. The highest BCUT2D eigenvalue weighted by molar-refractivity contribution is 7.85. The third kappa shape index (κ3) is 14.7. The summed E-state index contributed by atoms with van der Waals surface area (Å²) in [7, 11) is -4.02. The van der Waals surface area contributed by atoms with Gasteiger partial charge in [-0.15, -0.1) is 0 Å². The van der Waals surface area contributed by atoms with E-state index in [4.69, 9.17) is 19.2 Å². The van der Waals surface area contributed by atoms with E-state index >= 15 is 0 Å². The van der Waals surface area contributed by atoms with Crippen LogP contribution in [0.3, 0.4) is 0 Å². The van der Waals surface area contributed by atoms with Gasteiger partial charge < -0.3 is 25.4 Å². The second kappa shape index (κ2) is 21.7. The fourth-order valence-corrected chi connectivity index (χ4v) is 5.61. The molecular formula is C32H50N2O9S. The van der Waals surface area contributed by atoms with Crippen LogP contribution < -0.4 is 10.6 Å². The number of hydrogen-bond donors (Lipinski definition) is 4. The van der Waals surface area contributed by atoms with E-state index in [2.05, 4.69) is 10.6 Å². The molecule has 12 heteroatoms. The number of fused-ring (bicyclic) bond motifs is 1. The molecule has 11 nitrogen and oxygen atoms in total. The molecule has 0 radical (unpaired) electrons. The Hall–Kier alpha value is -3.00. The number of aryl methyl sites for hydroxylation is 1. The average Bonchev–Trinajstić information content (AvgIpc) is 3.43. The molecule has 2 aliphatic rings. The maximum Gasteiger partial charge on any atom is 0.323 e. The second-order valence-electron chi connectivity index (χ2n) is 10.6. The molecule has 44 heavy (non-hydrogen) atoms. The van der Waals surface area contributed by atoms with Gasteiger partial charge in [0.15, 0.2) is 5.78 Å². The number of carbonyl (C=O) groups excluding carboxylic acids is 3. The fraction of sp³-hybridized carbons (Fsp3) is 0.531. The monoisotopic (exact) mass is 638 g/mol. The highest BCUT2D eigenvalue weighted by atomic mass is 32.2. The molecule has 1 heterocycles. The van der Waals surface area contributed by atoms with Crippen LogP contribution in [0.5, 0.6) is 0 Å². The van der Waals surface area contributed by atoms with E-state index in [0.717, 1.165) is 29.9 Å². The van der Waals surface area contributed by atoms with E-state index in [9.17, 15) is 18.0 Å². The normalized spacial score (nSPS) is 19.8. The van der Waals surface area contributed by atoms with Crippen LogP contribution in [0.1, 0.15) is 81.6 Å². The lowest BCUT2D eigenvalue weighted by Crippen LogP contribution is -2.42. The number of Topliss-reactive ketones (excluding diaryl/α,β-unsaturated/α-hetero) is 1. The average molecular weight is 639 g/mol. The van der Waals surface area contributed by atoms with Crippen LogP contribution in [0.25, 0.3) is 0 Å². The molecule has 1 unspecified atom stereocenters. The van der Waals surface area contributed by atoms with Crippen molar-refractivity contribution in [2.24, 2.45) is 5.92 Å². The third-order valence-corrected chi connectivity index (χ3v) is 8.02.